The van der Waals surface area contributed by atoms with Gasteiger partial charge in [-0.25, -0.2) is 0 Å². The molecule has 1 unspecified atom stereocenters. The van der Waals surface area contributed by atoms with E-state index >= 15 is 0 Å². The third-order valence-corrected chi connectivity index (χ3v) is 1.99. The van der Waals surface area contributed by atoms with Gasteiger partial charge in [0.05, 0.1) is 0 Å². The molecule has 0 saturated carbocycles. The van der Waals surface area contributed by atoms with E-state index in [-0.39, 0.29) is 0 Å². The summed E-state index contributed by atoms with van der Waals surface area (Å²) in [6.07, 6.45) is 4.34. The summed E-state index contributed by atoms with van der Waals surface area (Å²) in [5.74, 6) is -0.982. The summed E-state index contributed by atoms with van der Waals surface area (Å²) < 4.78 is 5.15. The SMILES string of the molecule is CCCCCC(C=O)C(=O)OC(C)(C)C. The third-order valence-electron chi connectivity index (χ3n) is 1.99. The number of carbonyl (C=O) groups excluding carboxylic acids is 2. The number of ether oxygens (including phenoxy) is 1. The molecule has 88 valence electrons. The molecule has 0 bridgehead atoms. The van der Waals surface area contributed by atoms with E-state index in [1.54, 1.807) is 20.8 Å². The Balaban J connectivity index is 4.05. The molecule has 0 aliphatic heterocycles. The highest BCUT2D eigenvalue weighted by Crippen LogP contribution is 2.14. The zero-order chi connectivity index (χ0) is 11.9. The highest BCUT2D eigenvalue weighted by atomic mass is 16.6. The van der Waals surface area contributed by atoms with E-state index in [2.05, 4.69) is 6.92 Å². The van der Waals surface area contributed by atoms with Crippen molar-refractivity contribution in [3.8, 4) is 0 Å². The van der Waals surface area contributed by atoms with Crippen LogP contribution >= 0.6 is 0 Å². The van der Waals surface area contributed by atoms with Gasteiger partial charge in [0.2, 0.25) is 0 Å². The maximum Gasteiger partial charge on any atom is 0.316 e. The molecule has 0 heterocycles. The molecular formula is C12H22O3. The van der Waals surface area contributed by atoms with Gasteiger partial charge in [-0.1, -0.05) is 26.2 Å². The maximum absolute atomic E-state index is 11.5. The lowest BCUT2D eigenvalue weighted by atomic mass is 10.0. The molecule has 0 amide bonds. The number of unbranched alkanes of at least 4 members (excludes halogenated alkanes) is 2. The first kappa shape index (κ1) is 14.1. The Hall–Kier alpha value is -0.860. The molecule has 0 rings (SSSR count). The first-order valence-electron chi connectivity index (χ1n) is 5.59. The van der Waals surface area contributed by atoms with E-state index in [0.29, 0.717) is 12.7 Å². The fourth-order valence-electron chi connectivity index (χ4n) is 1.23. The van der Waals surface area contributed by atoms with Gasteiger partial charge >= 0.3 is 5.97 Å². The van der Waals surface area contributed by atoms with Crippen molar-refractivity contribution in [2.45, 2.75) is 59.0 Å². The molecule has 0 aromatic heterocycles. The smallest absolute Gasteiger partial charge is 0.316 e. The van der Waals surface area contributed by atoms with Crippen molar-refractivity contribution in [2.75, 3.05) is 0 Å². The van der Waals surface area contributed by atoms with Gasteiger partial charge in [0.25, 0.3) is 0 Å². The monoisotopic (exact) mass is 214 g/mol. The van der Waals surface area contributed by atoms with Crippen LogP contribution in [-0.2, 0) is 14.3 Å². The summed E-state index contributed by atoms with van der Waals surface area (Å²) >= 11 is 0. The summed E-state index contributed by atoms with van der Waals surface area (Å²) in [4.78, 5) is 22.3. The molecule has 0 spiro atoms. The van der Waals surface area contributed by atoms with Crippen LogP contribution in [0.15, 0.2) is 0 Å². The lowest BCUT2D eigenvalue weighted by molar-refractivity contribution is -0.160. The summed E-state index contributed by atoms with van der Waals surface area (Å²) in [6.45, 7) is 7.50. The van der Waals surface area contributed by atoms with Gasteiger partial charge in [-0.2, -0.15) is 0 Å². The number of hydrogen-bond donors (Lipinski definition) is 0. The van der Waals surface area contributed by atoms with Gasteiger partial charge in [-0.05, 0) is 27.2 Å². The van der Waals surface area contributed by atoms with Crippen molar-refractivity contribution in [1.82, 2.24) is 0 Å². The van der Waals surface area contributed by atoms with Crippen molar-refractivity contribution >= 4 is 12.3 Å². The van der Waals surface area contributed by atoms with Crippen molar-refractivity contribution in [2.24, 2.45) is 5.92 Å². The second-order valence-electron chi connectivity index (χ2n) is 4.77. The van der Waals surface area contributed by atoms with Crippen LogP contribution in [0.2, 0.25) is 0 Å². The number of aldehydes is 1. The Bertz CT molecular complexity index is 203. The lowest BCUT2D eigenvalue weighted by Gasteiger charge is -2.21. The first-order chi connectivity index (χ1) is 6.90. The Labute approximate surface area is 92.2 Å². The van der Waals surface area contributed by atoms with Crippen LogP contribution in [0.25, 0.3) is 0 Å². The van der Waals surface area contributed by atoms with Gasteiger partial charge in [-0.15, -0.1) is 0 Å². The average Bonchev–Trinajstić information content (AvgIpc) is 2.09. The number of hydrogen-bond acceptors (Lipinski definition) is 3. The predicted octanol–water partition coefficient (Wildman–Crippen LogP) is 2.72. The largest absolute Gasteiger partial charge is 0.459 e. The van der Waals surface area contributed by atoms with Gasteiger partial charge < -0.3 is 9.53 Å². The van der Waals surface area contributed by atoms with Gasteiger partial charge in [-0.3, -0.25) is 4.79 Å². The fraction of sp³-hybridized carbons (Fsp3) is 0.833. The molecule has 0 aromatic carbocycles. The Kier molecular flexibility index (Phi) is 6.21. The Morgan fingerprint density at radius 1 is 1.33 bits per heavy atom. The zero-order valence-electron chi connectivity index (χ0n) is 10.2. The molecule has 0 aliphatic carbocycles. The quantitative estimate of drug-likeness (QED) is 0.295. The zero-order valence-corrected chi connectivity index (χ0v) is 10.2. The standard InChI is InChI=1S/C12H22O3/c1-5-6-7-8-10(9-13)11(14)15-12(2,3)4/h9-10H,5-8H2,1-4H3. The van der Waals surface area contributed by atoms with Gasteiger partial charge in [0, 0.05) is 0 Å². The molecule has 0 saturated heterocycles. The van der Waals surface area contributed by atoms with E-state index < -0.39 is 17.5 Å². The van der Waals surface area contributed by atoms with E-state index in [9.17, 15) is 9.59 Å². The summed E-state index contributed by atoms with van der Waals surface area (Å²) in [5.41, 5.74) is -0.511. The minimum atomic E-state index is -0.587. The molecule has 0 N–H and O–H groups in total. The van der Waals surface area contributed by atoms with Crippen LogP contribution in [0.4, 0.5) is 0 Å². The highest BCUT2D eigenvalue weighted by Gasteiger charge is 2.24. The molecule has 0 aliphatic rings. The second-order valence-corrected chi connectivity index (χ2v) is 4.77. The van der Waals surface area contributed by atoms with Crippen LogP contribution in [0.3, 0.4) is 0 Å². The molecule has 3 nitrogen and oxygen atoms in total. The van der Waals surface area contributed by atoms with Gasteiger partial charge in [0.15, 0.2) is 0 Å². The van der Waals surface area contributed by atoms with Crippen LogP contribution in [-0.4, -0.2) is 17.9 Å². The van der Waals surface area contributed by atoms with E-state index in [1.807, 2.05) is 0 Å². The third kappa shape index (κ3) is 7.11. The maximum atomic E-state index is 11.5. The van der Waals surface area contributed by atoms with E-state index in [1.165, 1.54) is 0 Å². The number of esters is 1. The van der Waals surface area contributed by atoms with Crippen LogP contribution in [0.5, 0.6) is 0 Å². The van der Waals surface area contributed by atoms with E-state index in [4.69, 9.17) is 4.74 Å². The predicted molar refractivity (Wildman–Crippen MR) is 59.5 cm³/mol. The van der Waals surface area contributed by atoms with Crippen molar-refractivity contribution in [1.29, 1.82) is 0 Å². The minimum absolute atomic E-state index is 0.395. The highest BCUT2D eigenvalue weighted by molar-refractivity contribution is 5.87. The van der Waals surface area contributed by atoms with Crippen LogP contribution in [0.1, 0.15) is 53.4 Å². The Morgan fingerprint density at radius 3 is 2.33 bits per heavy atom. The molecule has 0 aromatic rings. The van der Waals surface area contributed by atoms with Crippen molar-refractivity contribution in [3.63, 3.8) is 0 Å². The topological polar surface area (TPSA) is 43.4 Å². The number of carbonyl (C=O) groups is 2. The summed E-state index contributed by atoms with van der Waals surface area (Å²) in [5, 5.41) is 0. The molecule has 3 heteroatoms. The van der Waals surface area contributed by atoms with Crippen LogP contribution in [0, 0.1) is 5.92 Å². The summed E-state index contributed by atoms with van der Waals surface area (Å²) in [7, 11) is 0. The summed E-state index contributed by atoms with van der Waals surface area (Å²) in [6, 6.07) is 0. The Morgan fingerprint density at radius 2 is 1.93 bits per heavy atom. The molecule has 1 atom stereocenters. The molecule has 15 heavy (non-hydrogen) atoms. The van der Waals surface area contributed by atoms with Crippen molar-refractivity contribution < 1.29 is 14.3 Å². The van der Waals surface area contributed by atoms with E-state index in [0.717, 1.165) is 19.3 Å². The molecule has 0 radical (unpaired) electrons. The van der Waals surface area contributed by atoms with Crippen molar-refractivity contribution in [3.05, 3.63) is 0 Å². The first-order valence-corrected chi connectivity index (χ1v) is 5.59. The second kappa shape index (κ2) is 6.59. The average molecular weight is 214 g/mol. The van der Waals surface area contributed by atoms with Crippen LogP contribution < -0.4 is 0 Å². The number of rotatable bonds is 6. The lowest BCUT2D eigenvalue weighted by Crippen LogP contribution is -2.29. The van der Waals surface area contributed by atoms with Gasteiger partial charge in [0.1, 0.15) is 17.8 Å². The normalized spacial score (nSPS) is 13.3. The fourth-order valence-corrected chi connectivity index (χ4v) is 1.23. The minimum Gasteiger partial charge on any atom is -0.459 e. The molecule has 0 fully saturated rings. The molecular weight excluding hydrogens is 192 g/mol.